The Balaban J connectivity index is 1.75. The van der Waals surface area contributed by atoms with Gasteiger partial charge in [-0.15, -0.1) is 0 Å². The SMILES string of the molecule is COc1ccccc1C(=O)NCCC(=O)OCC(=O)Nc1ccc(F)c(F)c1F. The van der Waals surface area contributed by atoms with Crippen LogP contribution in [0.4, 0.5) is 18.9 Å². The summed E-state index contributed by atoms with van der Waals surface area (Å²) >= 11 is 0. The van der Waals surface area contributed by atoms with Crippen LogP contribution in [0.1, 0.15) is 16.8 Å². The van der Waals surface area contributed by atoms with Gasteiger partial charge in [0.05, 0.1) is 24.8 Å². The third-order valence-corrected chi connectivity index (χ3v) is 3.64. The molecule has 154 valence electrons. The molecule has 0 unspecified atom stereocenters. The molecular formula is C19H17F3N2O5. The van der Waals surface area contributed by atoms with Crippen LogP contribution in [0.25, 0.3) is 0 Å². The fourth-order valence-electron chi connectivity index (χ4n) is 2.23. The first-order valence-corrected chi connectivity index (χ1v) is 8.33. The highest BCUT2D eigenvalue weighted by Crippen LogP contribution is 2.19. The molecule has 0 aromatic heterocycles. The van der Waals surface area contributed by atoms with Gasteiger partial charge in [-0.2, -0.15) is 0 Å². The molecule has 0 saturated carbocycles. The third-order valence-electron chi connectivity index (χ3n) is 3.64. The van der Waals surface area contributed by atoms with Gasteiger partial charge in [0.15, 0.2) is 24.1 Å². The lowest BCUT2D eigenvalue weighted by atomic mass is 10.2. The zero-order valence-electron chi connectivity index (χ0n) is 15.3. The van der Waals surface area contributed by atoms with Crippen LogP contribution < -0.4 is 15.4 Å². The predicted molar refractivity (Wildman–Crippen MR) is 95.8 cm³/mol. The van der Waals surface area contributed by atoms with Crippen LogP contribution in [0.5, 0.6) is 5.75 Å². The summed E-state index contributed by atoms with van der Waals surface area (Å²) in [5.41, 5.74) is -0.301. The summed E-state index contributed by atoms with van der Waals surface area (Å²) in [7, 11) is 1.42. The highest BCUT2D eigenvalue weighted by atomic mass is 19.2. The van der Waals surface area contributed by atoms with Crippen molar-refractivity contribution in [2.24, 2.45) is 0 Å². The number of esters is 1. The van der Waals surface area contributed by atoms with Crippen LogP contribution in [0.15, 0.2) is 36.4 Å². The summed E-state index contributed by atoms with van der Waals surface area (Å²) in [5.74, 6) is -6.53. The van der Waals surface area contributed by atoms with Gasteiger partial charge in [-0.25, -0.2) is 13.2 Å². The van der Waals surface area contributed by atoms with E-state index >= 15 is 0 Å². The van der Waals surface area contributed by atoms with E-state index in [2.05, 4.69) is 10.1 Å². The number of carbonyl (C=O) groups excluding carboxylic acids is 3. The van der Waals surface area contributed by atoms with Crippen molar-refractivity contribution in [3.05, 3.63) is 59.4 Å². The van der Waals surface area contributed by atoms with Gasteiger partial charge in [-0.3, -0.25) is 14.4 Å². The largest absolute Gasteiger partial charge is 0.496 e. The van der Waals surface area contributed by atoms with Crippen molar-refractivity contribution in [2.45, 2.75) is 6.42 Å². The topological polar surface area (TPSA) is 93.7 Å². The molecule has 7 nitrogen and oxygen atoms in total. The van der Waals surface area contributed by atoms with Gasteiger partial charge < -0.3 is 20.1 Å². The fourth-order valence-corrected chi connectivity index (χ4v) is 2.23. The number of methoxy groups -OCH3 is 1. The lowest BCUT2D eigenvalue weighted by Gasteiger charge is -2.10. The van der Waals surface area contributed by atoms with Crippen molar-refractivity contribution in [3.8, 4) is 5.75 Å². The third kappa shape index (κ3) is 5.96. The maximum Gasteiger partial charge on any atom is 0.308 e. The summed E-state index contributed by atoms with van der Waals surface area (Å²) in [4.78, 5) is 35.4. The van der Waals surface area contributed by atoms with Crippen molar-refractivity contribution in [1.29, 1.82) is 0 Å². The summed E-state index contributed by atoms with van der Waals surface area (Å²) in [5, 5.41) is 4.46. The number of rotatable bonds is 8. The van der Waals surface area contributed by atoms with Gasteiger partial charge >= 0.3 is 5.97 Å². The predicted octanol–water partition coefficient (Wildman–Crippen LogP) is 2.41. The van der Waals surface area contributed by atoms with Crippen molar-refractivity contribution < 1.29 is 37.0 Å². The maximum absolute atomic E-state index is 13.5. The molecule has 29 heavy (non-hydrogen) atoms. The molecule has 10 heteroatoms. The van der Waals surface area contributed by atoms with E-state index in [1.807, 2.05) is 5.32 Å². The Morgan fingerprint density at radius 1 is 1.00 bits per heavy atom. The molecule has 0 radical (unpaired) electrons. The zero-order valence-corrected chi connectivity index (χ0v) is 15.3. The minimum absolute atomic E-state index is 0.0604. The number of amides is 2. The summed E-state index contributed by atoms with van der Waals surface area (Å²) in [6.45, 7) is -0.827. The van der Waals surface area contributed by atoms with E-state index in [1.165, 1.54) is 7.11 Å². The number of benzene rings is 2. The maximum atomic E-state index is 13.5. The molecular weight excluding hydrogens is 393 g/mol. The summed E-state index contributed by atoms with van der Waals surface area (Å²) < 4.78 is 49.2. The van der Waals surface area contributed by atoms with Gasteiger partial charge in [-0.1, -0.05) is 12.1 Å². The molecule has 2 N–H and O–H groups in total. The molecule has 0 bridgehead atoms. The Kier molecular flexibility index (Phi) is 7.58. The Morgan fingerprint density at radius 2 is 1.72 bits per heavy atom. The number of carbonyl (C=O) groups is 3. The van der Waals surface area contributed by atoms with E-state index < -0.39 is 47.5 Å². The van der Waals surface area contributed by atoms with E-state index in [4.69, 9.17) is 4.74 Å². The number of para-hydroxylation sites is 1. The second kappa shape index (κ2) is 10.1. The van der Waals surface area contributed by atoms with Gasteiger partial charge in [-0.05, 0) is 24.3 Å². The van der Waals surface area contributed by atoms with Crippen LogP contribution in [-0.4, -0.2) is 38.0 Å². The van der Waals surface area contributed by atoms with Crippen LogP contribution in [0, 0.1) is 17.5 Å². The first-order valence-electron chi connectivity index (χ1n) is 8.33. The second-order valence-electron chi connectivity index (χ2n) is 5.64. The van der Waals surface area contributed by atoms with Crippen molar-refractivity contribution in [3.63, 3.8) is 0 Å². The summed E-state index contributed by atoms with van der Waals surface area (Å²) in [6.07, 6.45) is -0.228. The molecule has 0 spiro atoms. The minimum Gasteiger partial charge on any atom is -0.496 e. The Labute approximate surface area is 163 Å². The quantitative estimate of drug-likeness (QED) is 0.515. The number of ether oxygens (including phenoxy) is 2. The van der Waals surface area contributed by atoms with Gasteiger partial charge in [0, 0.05) is 6.54 Å². The number of hydrogen-bond donors (Lipinski definition) is 2. The Hall–Kier alpha value is -3.56. The molecule has 0 aliphatic rings. The first kappa shape index (κ1) is 21.7. The molecule has 2 rings (SSSR count). The minimum atomic E-state index is -1.73. The number of halogens is 3. The number of hydrogen-bond acceptors (Lipinski definition) is 5. The Bertz CT molecular complexity index is 921. The fraction of sp³-hybridized carbons (Fsp3) is 0.211. The van der Waals surface area contributed by atoms with Crippen molar-refractivity contribution in [1.82, 2.24) is 5.32 Å². The van der Waals surface area contributed by atoms with E-state index in [9.17, 15) is 27.6 Å². The molecule has 0 fully saturated rings. The molecule has 2 amide bonds. The van der Waals surface area contributed by atoms with E-state index in [0.29, 0.717) is 11.8 Å². The van der Waals surface area contributed by atoms with E-state index in [-0.39, 0.29) is 18.5 Å². The molecule has 0 saturated heterocycles. The lowest BCUT2D eigenvalue weighted by Crippen LogP contribution is -2.28. The Morgan fingerprint density at radius 3 is 2.45 bits per heavy atom. The second-order valence-corrected chi connectivity index (χ2v) is 5.64. The lowest BCUT2D eigenvalue weighted by molar-refractivity contribution is -0.147. The van der Waals surface area contributed by atoms with Crippen LogP contribution >= 0.6 is 0 Å². The van der Waals surface area contributed by atoms with Crippen LogP contribution in [-0.2, 0) is 14.3 Å². The highest BCUT2D eigenvalue weighted by molar-refractivity contribution is 5.97. The van der Waals surface area contributed by atoms with Crippen molar-refractivity contribution >= 4 is 23.5 Å². The molecule has 0 aliphatic carbocycles. The highest BCUT2D eigenvalue weighted by Gasteiger charge is 2.16. The average Bonchev–Trinajstić information content (AvgIpc) is 2.72. The van der Waals surface area contributed by atoms with Crippen LogP contribution in [0.3, 0.4) is 0 Å². The number of nitrogens with one attached hydrogen (secondary N) is 2. The summed E-state index contributed by atoms with van der Waals surface area (Å²) in [6, 6.07) is 7.99. The molecule has 2 aromatic carbocycles. The van der Waals surface area contributed by atoms with Gasteiger partial charge in [0.2, 0.25) is 0 Å². The normalized spacial score (nSPS) is 10.2. The van der Waals surface area contributed by atoms with Crippen LogP contribution in [0.2, 0.25) is 0 Å². The monoisotopic (exact) mass is 410 g/mol. The van der Waals surface area contributed by atoms with E-state index in [0.717, 1.165) is 6.07 Å². The molecule has 0 heterocycles. The standard InChI is InChI=1S/C19H17F3N2O5/c1-28-14-5-3-2-4-11(14)19(27)23-9-8-16(26)29-10-15(25)24-13-7-6-12(20)17(21)18(13)22/h2-7H,8-10H2,1H3,(H,23,27)(H,24,25). The van der Waals surface area contributed by atoms with E-state index in [1.54, 1.807) is 24.3 Å². The zero-order chi connectivity index (χ0) is 21.4. The first-order chi connectivity index (χ1) is 13.8. The van der Waals surface area contributed by atoms with Gasteiger partial charge in [0.25, 0.3) is 11.8 Å². The van der Waals surface area contributed by atoms with Gasteiger partial charge in [0.1, 0.15) is 5.75 Å². The molecule has 0 aliphatic heterocycles. The number of anilines is 1. The molecule has 2 aromatic rings. The molecule has 0 atom stereocenters. The smallest absolute Gasteiger partial charge is 0.308 e. The van der Waals surface area contributed by atoms with Crippen molar-refractivity contribution in [2.75, 3.05) is 25.6 Å². The average molecular weight is 410 g/mol.